The quantitative estimate of drug-likeness (QED) is 0.645. The van der Waals surface area contributed by atoms with Crippen molar-refractivity contribution in [1.82, 2.24) is 4.98 Å². The molecular formula is C11H5Cl4N. The Balaban J connectivity index is 2.59. The summed E-state index contributed by atoms with van der Waals surface area (Å²) in [7, 11) is 0. The highest BCUT2D eigenvalue weighted by Gasteiger charge is 2.08. The first kappa shape index (κ1) is 12.0. The summed E-state index contributed by atoms with van der Waals surface area (Å²) in [6.45, 7) is 0. The van der Waals surface area contributed by atoms with Gasteiger partial charge in [0, 0.05) is 17.3 Å². The lowest BCUT2D eigenvalue weighted by Gasteiger charge is -2.06. The van der Waals surface area contributed by atoms with Gasteiger partial charge in [0.15, 0.2) is 0 Å². The van der Waals surface area contributed by atoms with Gasteiger partial charge in [-0.1, -0.05) is 58.5 Å². The Morgan fingerprint density at radius 3 is 2.38 bits per heavy atom. The predicted molar refractivity (Wildman–Crippen MR) is 69.7 cm³/mol. The zero-order valence-electron chi connectivity index (χ0n) is 7.85. The fourth-order valence-corrected chi connectivity index (χ4v) is 1.97. The minimum Gasteiger partial charge on any atom is -0.242 e. The number of nitrogens with zero attached hydrogens (tertiary/aromatic N) is 1. The summed E-state index contributed by atoms with van der Waals surface area (Å²) in [6.07, 6.45) is 1.60. The van der Waals surface area contributed by atoms with Crippen LogP contribution < -0.4 is 0 Å². The molecule has 82 valence electrons. The molecule has 0 spiro atoms. The molecule has 0 fully saturated rings. The van der Waals surface area contributed by atoms with Gasteiger partial charge in [0.25, 0.3) is 0 Å². The van der Waals surface area contributed by atoms with Gasteiger partial charge in [0.2, 0.25) is 0 Å². The van der Waals surface area contributed by atoms with Crippen molar-refractivity contribution < 1.29 is 0 Å². The van der Waals surface area contributed by atoms with E-state index < -0.39 is 0 Å². The number of hydrogen-bond acceptors (Lipinski definition) is 1. The third kappa shape index (κ3) is 2.28. The largest absolute Gasteiger partial charge is 0.242 e. The molecule has 16 heavy (non-hydrogen) atoms. The van der Waals surface area contributed by atoms with Crippen molar-refractivity contribution in [2.45, 2.75) is 0 Å². The van der Waals surface area contributed by atoms with Crippen LogP contribution in [0.3, 0.4) is 0 Å². The van der Waals surface area contributed by atoms with Gasteiger partial charge < -0.3 is 0 Å². The molecule has 0 unspecified atom stereocenters. The Morgan fingerprint density at radius 1 is 0.938 bits per heavy atom. The summed E-state index contributed by atoms with van der Waals surface area (Å²) < 4.78 is 0. The van der Waals surface area contributed by atoms with E-state index in [2.05, 4.69) is 4.98 Å². The molecule has 1 aromatic heterocycles. The van der Waals surface area contributed by atoms with Crippen molar-refractivity contribution in [2.24, 2.45) is 0 Å². The zero-order valence-corrected chi connectivity index (χ0v) is 10.9. The molecule has 0 N–H and O–H groups in total. The van der Waals surface area contributed by atoms with Crippen LogP contribution in [0, 0.1) is 0 Å². The molecule has 1 heterocycles. The van der Waals surface area contributed by atoms with Crippen LogP contribution in [0.5, 0.6) is 0 Å². The van der Waals surface area contributed by atoms with Crippen LogP contribution in [0.25, 0.3) is 11.1 Å². The highest BCUT2D eigenvalue weighted by atomic mass is 35.5. The van der Waals surface area contributed by atoms with Gasteiger partial charge in [-0.3, -0.25) is 0 Å². The molecule has 0 saturated heterocycles. The Morgan fingerprint density at radius 2 is 1.69 bits per heavy atom. The molecule has 0 aliphatic heterocycles. The lowest BCUT2D eigenvalue weighted by molar-refractivity contribution is 1.33. The minimum absolute atomic E-state index is 0.267. The van der Waals surface area contributed by atoms with Crippen molar-refractivity contribution in [1.29, 1.82) is 0 Å². The number of benzene rings is 1. The molecule has 2 rings (SSSR count). The van der Waals surface area contributed by atoms with E-state index in [1.54, 1.807) is 18.3 Å². The predicted octanol–water partition coefficient (Wildman–Crippen LogP) is 5.36. The maximum Gasteiger partial charge on any atom is 0.147 e. The maximum absolute atomic E-state index is 6.08. The van der Waals surface area contributed by atoms with E-state index in [4.69, 9.17) is 46.4 Å². The van der Waals surface area contributed by atoms with Crippen LogP contribution in [0.2, 0.25) is 20.2 Å². The summed E-state index contributed by atoms with van der Waals surface area (Å²) in [4.78, 5) is 3.96. The zero-order chi connectivity index (χ0) is 11.7. The molecular weight excluding hydrogens is 288 g/mol. The fraction of sp³-hybridized carbons (Fsp3) is 0. The third-order valence-corrected chi connectivity index (χ3v) is 3.56. The van der Waals surface area contributed by atoms with E-state index in [-0.39, 0.29) is 5.15 Å². The highest BCUT2D eigenvalue weighted by Crippen LogP contribution is 2.34. The second-order valence-corrected chi connectivity index (χ2v) is 4.65. The fourth-order valence-electron chi connectivity index (χ4n) is 1.30. The Hall–Kier alpha value is -0.470. The minimum atomic E-state index is 0.267. The summed E-state index contributed by atoms with van der Waals surface area (Å²) in [6, 6.07) is 7.08. The van der Waals surface area contributed by atoms with Gasteiger partial charge in [-0.2, -0.15) is 0 Å². The van der Waals surface area contributed by atoms with Crippen LogP contribution >= 0.6 is 46.4 Å². The first-order valence-corrected chi connectivity index (χ1v) is 5.86. The van der Waals surface area contributed by atoms with Crippen LogP contribution in [0.4, 0.5) is 0 Å². The van der Waals surface area contributed by atoms with Crippen LogP contribution in [0.15, 0.2) is 30.5 Å². The van der Waals surface area contributed by atoms with Crippen molar-refractivity contribution in [3.63, 3.8) is 0 Å². The van der Waals surface area contributed by atoms with Gasteiger partial charge in [0.05, 0.1) is 15.1 Å². The smallest absolute Gasteiger partial charge is 0.147 e. The summed E-state index contributed by atoms with van der Waals surface area (Å²) in [5.41, 5.74) is 1.56. The summed E-state index contributed by atoms with van der Waals surface area (Å²) >= 11 is 23.6. The Kier molecular flexibility index (Phi) is 3.60. The van der Waals surface area contributed by atoms with E-state index in [9.17, 15) is 0 Å². The molecule has 0 radical (unpaired) electrons. The van der Waals surface area contributed by atoms with Gasteiger partial charge >= 0.3 is 0 Å². The molecule has 1 aromatic carbocycles. The molecule has 0 aliphatic rings. The number of pyridine rings is 1. The van der Waals surface area contributed by atoms with E-state index >= 15 is 0 Å². The standard InChI is InChI=1S/C11H5Cl4N/c12-8-3-1-2-7(10(8)14)6-4-9(13)11(15)16-5-6/h1-5H. The lowest BCUT2D eigenvalue weighted by Crippen LogP contribution is -1.84. The highest BCUT2D eigenvalue weighted by molar-refractivity contribution is 6.44. The number of halogens is 4. The van der Waals surface area contributed by atoms with Crippen molar-refractivity contribution >= 4 is 46.4 Å². The monoisotopic (exact) mass is 291 g/mol. The molecule has 0 bridgehead atoms. The van der Waals surface area contributed by atoms with Gasteiger partial charge in [-0.25, -0.2) is 4.98 Å². The molecule has 0 atom stereocenters. The number of rotatable bonds is 1. The van der Waals surface area contributed by atoms with Gasteiger partial charge in [0.1, 0.15) is 5.15 Å². The first-order valence-electron chi connectivity index (χ1n) is 4.35. The van der Waals surface area contributed by atoms with E-state index in [0.717, 1.165) is 11.1 Å². The first-order chi connectivity index (χ1) is 7.59. The molecule has 2 aromatic rings. The van der Waals surface area contributed by atoms with Gasteiger partial charge in [-0.05, 0) is 12.1 Å². The summed E-state index contributed by atoms with van der Waals surface area (Å²) in [5, 5.41) is 1.62. The van der Waals surface area contributed by atoms with E-state index in [0.29, 0.717) is 15.1 Å². The van der Waals surface area contributed by atoms with Crippen LogP contribution in [-0.4, -0.2) is 4.98 Å². The van der Waals surface area contributed by atoms with E-state index in [1.165, 1.54) is 0 Å². The summed E-state index contributed by atoms with van der Waals surface area (Å²) in [5.74, 6) is 0. The van der Waals surface area contributed by atoms with Gasteiger partial charge in [-0.15, -0.1) is 0 Å². The van der Waals surface area contributed by atoms with Crippen LogP contribution in [0.1, 0.15) is 0 Å². The third-order valence-electron chi connectivity index (χ3n) is 2.06. The molecule has 1 nitrogen and oxygen atoms in total. The van der Waals surface area contributed by atoms with Crippen molar-refractivity contribution in [3.8, 4) is 11.1 Å². The molecule has 0 saturated carbocycles. The second-order valence-electron chi connectivity index (χ2n) is 3.10. The molecule has 0 amide bonds. The normalized spacial score (nSPS) is 10.5. The number of aromatic nitrogens is 1. The molecule has 5 heteroatoms. The molecule has 0 aliphatic carbocycles. The number of hydrogen-bond donors (Lipinski definition) is 0. The maximum atomic E-state index is 6.08. The average Bonchev–Trinajstić information content (AvgIpc) is 2.26. The lowest BCUT2D eigenvalue weighted by atomic mass is 10.1. The van der Waals surface area contributed by atoms with Crippen molar-refractivity contribution in [3.05, 3.63) is 50.7 Å². The van der Waals surface area contributed by atoms with Crippen LogP contribution in [-0.2, 0) is 0 Å². The van der Waals surface area contributed by atoms with Crippen molar-refractivity contribution in [2.75, 3.05) is 0 Å². The SMILES string of the molecule is Clc1cc(-c2cccc(Cl)c2Cl)cnc1Cl. The topological polar surface area (TPSA) is 12.9 Å². The Bertz CT molecular complexity index is 540. The second kappa shape index (κ2) is 4.80. The average molecular weight is 293 g/mol. The van der Waals surface area contributed by atoms with E-state index in [1.807, 2.05) is 12.1 Å². The Labute approximate surface area is 113 Å².